The zero-order valence-electron chi connectivity index (χ0n) is 6.80. The molecule has 0 saturated heterocycles. The highest BCUT2D eigenvalue weighted by Gasteiger charge is 2.11. The Morgan fingerprint density at radius 1 is 1.54 bits per heavy atom. The molecule has 13 heavy (non-hydrogen) atoms. The van der Waals surface area contributed by atoms with Crippen LogP contribution in [0.1, 0.15) is 27.6 Å². The van der Waals surface area contributed by atoms with Crippen molar-refractivity contribution >= 4 is 39.6 Å². The van der Waals surface area contributed by atoms with E-state index in [2.05, 4.69) is 15.9 Å². The van der Waals surface area contributed by atoms with Crippen molar-refractivity contribution in [3.8, 4) is 0 Å². The van der Waals surface area contributed by atoms with E-state index in [0.717, 1.165) is 0 Å². The lowest BCUT2D eigenvalue weighted by Gasteiger charge is -2.03. The first-order valence-electron chi connectivity index (χ1n) is 3.51. The summed E-state index contributed by atoms with van der Waals surface area (Å²) >= 11 is 8.97. The fourth-order valence-electron chi connectivity index (χ4n) is 0.997. The van der Waals surface area contributed by atoms with Gasteiger partial charge in [0, 0.05) is 10.0 Å². The molecule has 0 aliphatic heterocycles. The van der Waals surface area contributed by atoms with E-state index in [1.165, 1.54) is 13.0 Å². The second-order valence-corrected chi connectivity index (χ2v) is 3.80. The van der Waals surface area contributed by atoms with E-state index in [4.69, 9.17) is 11.6 Å². The molecule has 0 aromatic heterocycles. The number of carbonyl (C=O) groups is 2. The van der Waals surface area contributed by atoms with Crippen LogP contribution in [0.4, 0.5) is 0 Å². The number of hydrogen-bond acceptors (Lipinski definition) is 2. The monoisotopic (exact) mass is 260 g/mol. The highest BCUT2D eigenvalue weighted by molar-refractivity contribution is 9.10. The van der Waals surface area contributed by atoms with Crippen molar-refractivity contribution in [2.45, 2.75) is 6.92 Å². The number of Topliss-reactive ketones (excluding diaryl/α,β-unsaturated/α-hetero) is 1. The van der Waals surface area contributed by atoms with Crippen LogP contribution in [0.3, 0.4) is 0 Å². The van der Waals surface area contributed by atoms with Crippen LogP contribution in [0.5, 0.6) is 0 Å². The van der Waals surface area contributed by atoms with Crippen LogP contribution in [-0.2, 0) is 0 Å². The third-order valence-corrected chi connectivity index (χ3v) is 2.48. The average Bonchev–Trinajstić information content (AvgIpc) is 2.02. The number of aldehydes is 1. The van der Waals surface area contributed by atoms with Crippen LogP contribution < -0.4 is 0 Å². The summed E-state index contributed by atoms with van der Waals surface area (Å²) in [4.78, 5) is 21.5. The Hall–Kier alpha value is -0.670. The molecule has 68 valence electrons. The molecular weight excluding hydrogens is 255 g/mol. The van der Waals surface area contributed by atoms with Gasteiger partial charge < -0.3 is 0 Å². The standard InChI is InChI=1S/C9H6BrClO2/c1-5(13)9-7(10)2-6(4-12)3-8(9)11/h2-4H,1H3. The molecule has 0 atom stereocenters. The Morgan fingerprint density at radius 3 is 2.54 bits per heavy atom. The summed E-state index contributed by atoms with van der Waals surface area (Å²) in [6, 6.07) is 3.03. The van der Waals surface area contributed by atoms with Crippen LogP contribution >= 0.6 is 27.5 Å². The third-order valence-electron chi connectivity index (χ3n) is 1.55. The topological polar surface area (TPSA) is 34.1 Å². The fraction of sp³-hybridized carbons (Fsp3) is 0.111. The van der Waals surface area contributed by atoms with Gasteiger partial charge >= 0.3 is 0 Å². The molecule has 0 spiro atoms. The molecule has 0 heterocycles. The maximum Gasteiger partial charge on any atom is 0.162 e. The first-order chi connectivity index (χ1) is 6.06. The molecule has 0 bridgehead atoms. The average molecular weight is 262 g/mol. The number of ketones is 1. The fourth-order valence-corrected chi connectivity index (χ4v) is 2.23. The van der Waals surface area contributed by atoms with Crippen molar-refractivity contribution < 1.29 is 9.59 Å². The first-order valence-corrected chi connectivity index (χ1v) is 4.68. The minimum atomic E-state index is -0.130. The van der Waals surface area contributed by atoms with Gasteiger partial charge in [0.2, 0.25) is 0 Å². The molecule has 0 N–H and O–H groups in total. The molecule has 0 saturated carbocycles. The molecule has 0 fully saturated rings. The Balaban J connectivity index is 3.39. The van der Waals surface area contributed by atoms with Crippen molar-refractivity contribution in [1.29, 1.82) is 0 Å². The van der Waals surface area contributed by atoms with E-state index in [0.29, 0.717) is 26.9 Å². The Labute approximate surface area is 89.0 Å². The van der Waals surface area contributed by atoms with Crippen molar-refractivity contribution in [3.63, 3.8) is 0 Å². The highest BCUT2D eigenvalue weighted by atomic mass is 79.9. The van der Waals surface area contributed by atoms with Crippen molar-refractivity contribution in [1.82, 2.24) is 0 Å². The summed E-state index contributed by atoms with van der Waals surface area (Å²) in [7, 11) is 0. The Morgan fingerprint density at radius 2 is 2.15 bits per heavy atom. The van der Waals surface area contributed by atoms with Gasteiger partial charge in [-0.25, -0.2) is 0 Å². The normalized spacial score (nSPS) is 9.77. The summed E-state index contributed by atoms with van der Waals surface area (Å²) in [5, 5.41) is 0.295. The van der Waals surface area contributed by atoms with E-state index >= 15 is 0 Å². The van der Waals surface area contributed by atoms with Crippen LogP contribution in [0.25, 0.3) is 0 Å². The number of hydrogen-bond donors (Lipinski definition) is 0. The second kappa shape index (κ2) is 4.03. The minimum absolute atomic E-state index is 0.130. The largest absolute Gasteiger partial charge is 0.298 e. The number of carbonyl (C=O) groups excluding carboxylic acids is 2. The van der Waals surface area contributed by atoms with Crippen LogP contribution in [-0.4, -0.2) is 12.1 Å². The number of halogens is 2. The summed E-state index contributed by atoms with van der Waals surface area (Å²) in [6.45, 7) is 1.42. The van der Waals surface area contributed by atoms with Crippen LogP contribution in [0, 0.1) is 0 Å². The SMILES string of the molecule is CC(=O)c1c(Cl)cc(C=O)cc1Br. The van der Waals surface area contributed by atoms with Gasteiger partial charge in [0.15, 0.2) is 5.78 Å². The lowest BCUT2D eigenvalue weighted by molar-refractivity contribution is 0.101. The predicted molar refractivity (Wildman–Crippen MR) is 54.5 cm³/mol. The van der Waals surface area contributed by atoms with E-state index in [-0.39, 0.29) is 5.78 Å². The van der Waals surface area contributed by atoms with Gasteiger partial charge in [0.05, 0.1) is 10.6 Å². The van der Waals surface area contributed by atoms with E-state index in [9.17, 15) is 9.59 Å². The molecule has 2 nitrogen and oxygen atoms in total. The summed E-state index contributed by atoms with van der Waals surface area (Å²) in [6.07, 6.45) is 0.681. The van der Waals surface area contributed by atoms with Gasteiger partial charge in [-0.2, -0.15) is 0 Å². The van der Waals surface area contributed by atoms with Crippen molar-refractivity contribution in [2.75, 3.05) is 0 Å². The molecule has 4 heteroatoms. The highest BCUT2D eigenvalue weighted by Crippen LogP contribution is 2.26. The molecular formula is C9H6BrClO2. The maximum atomic E-state index is 11.1. The zero-order chi connectivity index (χ0) is 10.0. The molecule has 1 aromatic rings. The van der Waals surface area contributed by atoms with E-state index in [1.807, 2.05) is 0 Å². The van der Waals surface area contributed by atoms with Crippen LogP contribution in [0.2, 0.25) is 5.02 Å². The lowest BCUT2D eigenvalue weighted by Crippen LogP contribution is -1.96. The molecule has 1 aromatic carbocycles. The van der Waals surface area contributed by atoms with Gasteiger partial charge in [-0.05, 0) is 35.0 Å². The Kier molecular flexibility index (Phi) is 3.22. The zero-order valence-corrected chi connectivity index (χ0v) is 9.15. The van der Waals surface area contributed by atoms with E-state index in [1.54, 1.807) is 6.07 Å². The molecule has 0 aliphatic rings. The predicted octanol–water partition coefficient (Wildman–Crippen LogP) is 3.12. The molecule has 0 amide bonds. The molecule has 0 aliphatic carbocycles. The quantitative estimate of drug-likeness (QED) is 0.605. The van der Waals surface area contributed by atoms with Gasteiger partial charge in [-0.3, -0.25) is 9.59 Å². The molecule has 0 radical (unpaired) electrons. The van der Waals surface area contributed by atoms with Gasteiger partial charge in [-0.15, -0.1) is 0 Å². The summed E-state index contributed by atoms with van der Waals surface area (Å²) in [5.74, 6) is -0.130. The minimum Gasteiger partial charge on any atom is -0.298 e. The second-order valence-electron chi connectivity index (χ2n) is 2.53. The van der Waals surface area contributed by atoms with Gasteiger partial charge in [0.25, 0.3) is 0 Å². The first kappa shape index (κ1) is 10.4. The lowest BCUT2D eigenvalue weighted by atomic mass is 10.1. The molecule has 1 rings (SSSR count). The molecule has 0 unspecified atom stereocenters. The smallest absolute Gasteiger partial charge is 0.162 e. The number of benzene rings is 1. The summed E-state index contributed by atoms with van der Waals surface area (Å²) in [5.41, 5.74) is 0.856. The van der Waals surface area contributed by atoms with Gasteiger partial charge in [-0.1, -0.05) is 11.6 Å². The van der Waals surface area contributed by atoms with Crippen molar-refractivity contribution in [2.24, 2.45) is 0 Å². The summed E-state index contributed by atoms with van der Waals surface area (Å²) < 4.78 is 0.551. The van der Waals surface area contributed by atoms with E-state index < -0.39 is 0 Å². The van der Waals surface area contributed by atoms with Gasteiger partial charge in [0.1, 0.15) is 6.29 Å². The maximum absolute atomic E-state index is 11.1. The van der Waals surface area contributed by atoms with Crippen LogP contribution in [0.15, 0.2) is 16.6 Å². The third kappa shape index (κ3) is 2.17. The number of rotatable bonds is 2. The Bertz CT molecular complexity index is 351. The van der Waals surface area contributed by atoms with Crippen molar-refractivity contribution in [3.05, 3.63) is 32.8 Å².